The summed E-state index contributed by atoms with van der Waals surface area (Å²) in [7, 11) is 0. The minimum Gasteiger partial charge on any atom is -0.481 e. The number of nitrogens with one attached hydrogen (secondary N) is 1. The first-order valence-electron chi connectivity index (χ1n) is 7.94. The summed E-state index contributed by atoms with van der Waals surface area (Å²) in [6.45, 7) is 1.90. The number of hydrogen-bond donors (Lipinski definition) is 1. The summed E-state index contributed by atoms with van der Waals surface area (Å²) in [5.41, 5.74) is 3.70. The van der Waals surface area contributed by atoms with E-state index in [2.05, 4.69) is 10.9 Å². The average Bonchev–Trinajstić information content (AvgIpc) is 3.01. The van der Waals surface area contributed by atoms with E-state index in [0.29, 0.717) is 5.75 Å². The lowest BCUT2D eigenvalue weighted by Gasteiger charge is -2.17. The number of H-pyrrole nitrogens is 1. The summed E-state index contributed by atoms with van der Waals surface area (Å²) < 4.78 is 5.61. The van der Waals surface area contributed by atoms with E-state index in [0.717, 1.165) is 27.6 Å². The summed E-state index contributed by atoms with van der Waals surface area (Å²) >= 11 is 0. The van der Waals surface area contributed by atoms with Crippen LogP contribution in [0.5, 0.6) is 5.75 Å². The van der Waals surface area contributed by atoms with Gasteiger partial charge in [0.25, 0.3) is 0 Å². The SMILES string of the molecule is C#CCOc1ccccc1[C@@H](C[N+](=O)[O-])c1c[nH]c2ccc(C)cc12. The van der Waals surface area contributed by atoms with E-state index in [1.807, 2.05) is 49.5 Å². The van der Waals surface area contributed by atoms with Crippen molar-refractivity contribution >= 4 is 10.9 Å². The highest BCUT2D eigenvalue weighted by molar-refractivity contribution is 5.85. The highest BCUT2D eigenvalue weighted by Gasteiger charge is 2.26. The summed E-state index contributed by atoms with van der Waals surface area (Å²) in [6, 6.07) is 13.4. The molecule has 0 aliphatic carbocycles. The molecule has 0 aliphatic heterocycles. The second-order valence-electron chi connectivity index (χ2n) is 5.89. The average molecular weight is 334 g/mol. The third-order valence-electron chi connectivity index (χ3n) is 4.18. The van der Waals surface area contributed by atoms with Gasteiger partial charge in [-0.25, -0.2) is 0 Å². The molecule has 5 nitrogen and oxygen atoms in total. The Labute approximate surface area is 145 Å². The zero-order valence-electron chi connectivity index (χ0n) is 13.9. The zero-order valence-corrected chi connectivity index (χ0v) is 13.9. The largest absolute Gasteiger partial charge is 0.481 e. The van der Waals surface area contributed by atoms with Crippen molar-refractivity contribution in [2.45, 2.75) is 12.8 Å². The molecule has 0 fully saturated rings. The number of terminal acetylenes is 1. The lowest BCUT2D eigenvalue weighted by atomic mass is 9.90. The molecule has 0 bridgehead atoms. The maximum atomic E-state index is 11.3. The first-order chi connectivity index (χ1) is 12.1. The summed E-state index contributed by atoms with van der Waals surface area (Å²) in [5.74, 6) is 2.58. The Hall–Kier alpha value is -3.26. The summed E-state index contributed by atoms with van der Waals surface area (Å²) in [6.07, 6.45) is 7.12. The van der Waals surface area contributed by atoms with Crippen molar-refractivity contribution in [2.24, 2.45) is 0 Å². The van der Waals surface area contributed by atoms with Gasteiger partial charge >= 0.3 is 0 Å². The molecule has 0 unspecified atom stereocenters. The van der Waals surface area contributed by atoms with Crippen LogP contribution < -0.4 is 4.74 Å². The fraction of sp³-hybridized carbons (Fsp3) is 0.200. The van der Waals surface area contributed by atoms with Crippen molar-refractivity contribution in [3.63, 3.8) is 0 Å². The van der Waals surface area contributed by atoms with Crippen LogP contribution in [0.1, 0.15) is 22.6 Å². The molecule has 0 aliphatic rings. The highest BCUT2D eigenvalue weighted by atomic mass is 16.6. The Morgan fingerprint density at radius 1 is 1.28 bits per heavy atom. The molecule has 0 radical (unpaired) electrons. The Balaban J connectivity index is 2.14. The minimum atomic E-state index is -0.431. The van der Waals surface area contributed by atoms with E-state index in [-0.39, 0.29) is 18.1 Å². The molecular formula is C20H18N2O3. The smallest absolute Gasteiger partial charge is 0.214 e. The van der Waals surface area contributed by atoms with Gasteiger partial charge in [-0.05, 0) is 30.7 Å². The predicted octanol–water partition coefficient (Wildman–Crippen LogP) is 3.90. The molecule has 126 valence electrons. The van der Waals surface area contributed by atoms with Crippen LogP contribution in [-0.4, -0.2) is 23.1 Å². The number of aromatic amines is 1. The van der Waals surface area contributed by atoms with Gasteiger partial charge < -0.3 is 9.72 Å². The van der Waals surface area contributed by atoms with Crippen molar-refractivity contribution in [1.82, 2.24) is 4.98 Å². The van der Waals surface area contributed by atoms with E-state index < -0.39 is 5.92 Å². The zero-order chi connectivity index (χ0) is 17.8. The van der Waals surface area contributed by atoms with Crippen LogP contribution in [0.15, 0.2) is 48.7 Å². The number of nitro groups is 1. The molecule has 0 spiro atoms. The Bertz CT molecular complexity index is 953. The van der Waals surface area contributed by atoms with Gasteiger partial charge in [0, 0.05) is 27.6 Å². The van der Waals surface area contributed by atoms with Gasteiger partial charge in [0.15, 0.2) is 0 Å². The second kappa shape index (κ2) is 7.10. The summed E-state index contributed by atoms with van der Waals surface area (Å²) in [4.78, 5) is 14.2. The molecule has 1 atom stereocenters. The number of aromatic nitrogens is 1. The molecule has 1 heterocycles. The number of aryl methyl sites for hydroxylation is 1. The minimum absolute atomic E-state index is 0.120. The van der Waals surface area contributed by atoms with Crippen LogP contribution in [0.25, 0.3) is 10.9 Å². The van der Waals surface area contributed by atoms with Gasteiger partial charge in [0.05, 0.1) is 5.92 Å². The Kier molecular flexibility index (Phi) is 4.71. The number of fused-ring (bicyclic) bond motifs is 1. The molecule has 2 aromatic carbocycles. The predicted molar refractivity (Wildman–Crippen MR) is 97.5 cm³/mol. The van der Waals surface area contributed by atoms with Crippen LogP contribution in [0.3, 0.4) is 0 Å². The molecule has 1 aromatic heterocycles. The molecule has 25 heavy (non-hydrogen) atoms. The van der Waals surface area contributed by atoms with Gasteiger partial charge in [-0.2, -0.15) is 0 Å². The first kappa shape index (κ1) is 16.6. The lowest BCUT2D eigenvalue weighted by molar-refractivity contribution is -0.481. The van der Waals surface area contributed by atoms with Crippen molar-refractivity contribution in [2.75, 3.05) is 13.2 Å². The summed E-state index contributed by atoms with van der Waals surface area (Å²) in [5, 5.41) is 12.3. The molecule has 0 saturated heterocycles. The third-order valence-corrected chi connectivity index (χ3v) is 4.18. The van der Waals surface area contributed by atoms with Gasteiger partial charge in [-0.3, -0.25) is 10.1 Å². The van der Waals surface area contributed by atoms with Crippen LogP contribution in [0.4, 0.5) is 0 Å². The quantitative estimate of drug-likeness (QED) is 0.422. The van der Waals surface area contributed by atoms with Gasteiger partial charge in [0.2, 0.25) is 6.54 Å². The number of rotatable bonds is 6. The normalized spacial score (nSPS) is 11.8. The number of para-hydroxylation sites is 1. The third kappa shape index (κ3) is 3.48. The number of ether oxygens (including phenoxy) is 1. The number of hydrogen-bond acceptors (Lipinski definition) is 3. The van der Waals surface area contributed by atoms with Crippen molar-refractivity contribution < 1.29 is 9.66 Å². The Morgan fingerprint density at radius 3 is 2.84 bits per heavy atom. The van der Waals surface area contributed by atoms with Gasteiger partial charge in [0.1, 0.15) is 12.4 Å². The van der Waals surface area contributed by atoms with Crippen molar-refractivity contribution in [3.8, 4) is 18.1 Å². The van der Waals surface area contributed by atoms with E-state index in [1.165, 1.54) is 0 Å². The Morgan fingerprint density at radius 2 is 2.08 bits per heavy atom. The fourth-order valence-electron chi connectivity index (χ4n) is 3.08. The van der Waals surface area contributed by atoms with Crippen LogP contribution in [0.2, 0.25) is 0 Å². The molecule has 0 amide bonds. The molecule has 3 rings (SSSR count). The number of benzene rings is 2. The molecule has 3 aromatic rings. The molecular weight excluding hydrogens is 316 g/mol. The van der Waals surface area contributed by atoms with E-state index in [4.69, 9.17) is 11.2 Å². The first-order valence-corrected chi connectivity index (χ1v) is 7.94. The molecule has 1 N–H and O–H groups in total. The van der Waals surface area contributed by atoms with E-state index in [9.17, 15) is 10.1 Å². The molecule has 0 saturated carbocycles. The van der Waals surface area contributed by atoms with E-state index in [1.54, 1.807) is 6.07 Å². The number of nitrogens with zero attached hydrogens (tertiary/aromatic N) is 1. The van der Waals surface area contributed by atoms with Gasteiger partial charge in [-0.15, -0.1) is 6.42 Å². The lowest BCUT2D eigenvalue weighted by Crippen LogP contribution is -2.15. The maximum Gasteiger partial charge on any atom is 0.214 e. The fourth-order valence-corrected chi connectivity index (χ4v) is 3.08. The van der Waals surface area contributed by atoms with Crippen LogP contribution in [-0.2, 0) is 0 Å². The second-order valence-corrected chi connectivity index (χ2v) is 5.89. The topological polar surface area (TPSA) is 68.2 Å². The van der Waals surface area contributed by atoms with Crippen molar-refractivity contribution in [1.29, 1.82) is 0 Å². The monoisotopic (exact) mass is 334 g/mol. The van der Waals surface area contributed by atoms with Gasteiger partial charge in [-0.1, -0.05) is 35.7 Å². The van der Waals surface area contributed by atoms with Crippen LogP contribution >= 0.6 is 0 Å². The molecule has 5 heteroatoms. The van der Waals surface area contributed by atoms with Crippen LogP contribution in [0, 0.1) is 29.4 Å². The maximum absolute atomic E-state index is 11.3. The highest BCUT2D eigenvalue weighted by Crippen LogP contribution is 2.36. The van der Waals surface area contributed by atoms with E-state index >= 15 is 0 Å². The van der Waals surface area contributed by atoms with Crippen molar-refractivity contribution in [3.05, 3.63) is 75.5 Å². The standard InChI is InChI=1S/C20H18N2O3/c1-3-10-25-20-7-5-4-6-15(20)18(13-22(23)24)17-12-21-19-9-8-14(2)11-16(17)19/h1,4-9,11-12,18,21H,10,13H2,2H3/t18-/m1/s1.